The van der Waals surface area contributed by atoms with Crippen molar-refractivity contribution in [2.45, 2.75) is 32.4 Å². The molecular formula is C12H18BrN3O. The van der Waals surface area contributed by atoms with Crippen LogP contribution in [0.3, 0.4) is 0 Å². The summed E-state index contributed by atoms with van der Waals surface area (Å²) in [4.78, 5) is 14.2. The van der Waals surface area contributed by atoms with Gasteiger partial charge in [0.05, 0.1) is 0 Å². The van der Waals surface area contributed by atoms with Crippen molar-refractivity contribution in [1.29, 1.82) is 0 Å². The van der Waals surface area contributed by atoms with Gasteiger partial charge in [-0.1, -0.05) is 6.92 Å². The first-order valence-corrected chi connectivity index (χ1v) is 6.81. The number of hydrogen-bond acceptors (Lipinski definition) is 2. The van der Waals surface area contributed by atoms with E-state index in [1.165, 1.54) is 0 Å². The topological polar surface area (TPSA) is 51.3 Å². The Labute approximate surface area is 110 Å². The summed E-state index contributed by atoms with van der Waals surface area (Å²) >= 11 is 3.43. The SMILES string of the molecule is CCCn1cc(Br)cc1C(=O)N1CC[C@H](N)C1. The molecule has 1 amide bonds. The Morgan fingerprint density at radius 1 is 1.65 bits per heavy atom. The minimum absolute atomic E-state index is 0.0945. The van der Waals surface area contributed by atoms with Crippen LogP contribution in [-0.2, 0) is 6.54 Å². The third-order valence-electron chi connectivity index (χ3n) is 3.06. The molecule has 2 N–H and O–H groups in total. The molecule has 1 atom stereocenters. The standard InChI is InChI=1S/C12H18BrN3O/c1-2-4-15-7-9(13)6-11(15)12(17)16-5-3-10(14)8-16/h6-7,10H,2-5,8,14H2,1H3/t10-/m0/s1. The van der Waals surface area contributed by atoms with Crippen LogP contribution < -0.4 is 5.73 Å². The van der Waals surface area contributed by atoms with Crippen molar-refractivity contribution in [2.24, 2.45) is 5.73 Å². The van der Waals surface area contributed by atoms with Gasteiger partial charge in [0.2, 0.25) is 0 Å². The molecule has 0 aliphatic carbocycles. The smallest absolute Gasteiger partial charge is 0.270 e. The number of aromatic nitrogens is 1. The molecule has 5 heteroatoms. The van der Waals surface area contributed by atoms with Gasteiger partial charge in [-0.15, -0.1) is 0 Å². The predicted octanol–water partition coefficient (Wildman–Crippen LogP) is 1.83. The summed E-state index contributed by atoms with van der Waals surface area (Å²) in [6, 6.07) is 2.03. The highest BCUT2D eigenvalue weighted by molar-refractivity contribution is 9.10. The number of aryl methyl sites for hydroxylation is 1. The zero-order valence-corrected chi connectivity index (χ0v) is 11.6. The van der Waals surface area contributed by atoms with Gasteiger partial charge < -0.3 is 15.2 Å². The molecule has 0 bridgehead atoms. The molecule has 1 aliphatic rings. The summed E-state index contributed by atoms with van der Waals surface area (Å²) in [5.74, 6) is 0.0945. The van der Waals surface area contributed by atoms with Crippen LogP contribution in [0.15, 0.2) is 16.7 Å². The number of halogens is 1. The van der Waals surface area contributed by atoms with E-state index in [1.807, 2.05) is 21.7 Å². The first-order chi connectivity index (χ1) is 8.11. The molecule has 0 radical (unpaired) electrons. The number of carbonyl (C=O) groups excluding carboxylic acids is 1. The first-order valence-electron chi connectivity index (χ1n) is 6.02. The third-order valence-corrected chi connectivity index (χ3v) is 3.49. The lowest BCUT2D eigenvalue weighted by Crippen LogP contribution is -2.33. The van der Waals surface area contributed by atoms with Gasteiger partial charge in [-0.25, -0.2) is 0 Å². The lowest BCUT2D eigenvalue weighted by atomic mass is 10.3. The Balaban J connectivity index is 2.18. The highest BCUT2D eigenvalue weighted by Crippen LogP contribution is 2.19. The number of amides is 1. The fourth-order valence-electron chi connectivity index (χ4n) is 2.21. The molecule has 1 aromatic rings. The zero-order chi connectivity index (χ0) is 12.4. The first kappa shape index (κ1) is 12.6. The third kappa shape index (κ3) is 2.72. The quantitative estimate of drug-likeness (QED) is 0.926. The second-order valence-corrected chi connectivity index (χ2v) is 5.45. The minimum atomic E-state index is 0.0945. The van der Waals surface area contributed by atoms with Gasteiger partial charge in [-0.2, -0.15) is 0 Å². The Morgan fingerprint density at radius 3 is 3.00 bits per heavy atom. The summed E-state index contributed by atoms with van der Waals surface area (Å²) in [6.07, 6.45) is 3.88. The zero-order valence-electron chi connectivity index (χ0n) is 10.0. The summed E-state index contributed by atoms with van der Waals surface area (Å²) in [5, 5.41) is 0. The van der Waals surface area contributed by atoms with Crippen molar-refractivity contribution in [3.05, 3.63) is 22.4 Å². The maximum absolute atomic E-state index is 12.3. The molecule has 2 heterocycles. The van der Waals surface area contributed by atoms with E-state index in [1.54, 1.807) is 0 Å². The number of hydrogen-bond donors (Lipinski definition) is 1. The molecule has 1 aromatic heterocycles. The van der Waals surface area contributed by atoms with Gasteiger partial charge in [-0.3, -0.25) is 4.79 Å². The van der Waals surface area contributed by atoms with Crippen LogP contribution in [0.5, 0.6) is 0 Å². The van der Waals surface area contributed by atoms with E-state index in [0.29, 0.717) is 6.54 Å². The molecule has 0 spiro atoms. The number of nitrogens with two attached hydrogens (primary N) is 1. The highest BCUT2D eigenvalue weighted by atomic mass is 79.9. The molecule has 2 rings (SSSR count). The fourth-order valence-corrected chi connectivity index (χ4v) is 2.68. The molecule has 1 aliphatic heterocycles. The summed E-state index contributed by atoms with van der Waals surface area (Å²) in [7, 11) is 0. The van der Waals surface area contributed by atoms with E-state index >= 15 is 0 Å². The van der Waals surface area contributed by atoms with Crippen molar-refractivity contribution in [1.82, 2.24) is 9.47 Å². The van der Waals surface area contributed by atoms with E-state index < -0.39 is 0 Å². The van der Waals surface area contributed by atoms with Crippen molar-refractivity contribution in [2.75, 3.05) is 13.1 Å². The van der Waals surface area contributed by atoms with E-state index in [9.17, 15) is 4.79 Å². The van der Waals surface area contributed by atoms with E-state index in [4.69, 9.17) is 5.73 Å². The Kier molecular flexibility index (Phi) is 3.89. The maximum Gasteiger partial charge on any atom is 0.270 e. The monoisotopic (exact) mass is 299 g/mol. The Hall–Kier alpha value is -0.810. The van der Waals surface area contributed by atoms with Gasteiger partial charge in [0.1, 0.15) is 5.69 Å². The number of carbonyl (C=O) groups is 1. The minimum Gasteiger partial charge on any atom is -0.342 e. The molecule has 0 unspecified atom stereocenters. The molecule has 4 nitrogen and oxygen atoms in total. The lowest BCUT2D eigenvalue weighted by molar-refractivity contribution is 0.0780. The van der Waals surface area contributed by atoms with Crippen molar-refractivity contribution < 1.29 is 4.79 Å². The Bertz CT molecular complexity index is 416. The normalized spacial score (nSPS) is 19.9. The molecule has 0 saturated carbocycles. The van der Waals surface area contributed by atoms with E-state index in [-0.39, 0.29) is 11.9 Å². The number of rotatable bonds is 3. The Morgan fingerprint density at radius 2 is 2.41 bits per heavy atom. The number of likely N-dealkylation sites (tertiary alicyclic amines) is 1. The fraction of sp³-hybridized carbons (Fsp3) is 0.583. The van der Waals surface area contributed by atoms with Crippen LogP contribution in [0, 0.1) is 0 Å². The van der Waals surface area contributed by atoms with Crippen molar-refractivity contribution in [3.63, 3.8) is 0 Å². The predicted molar refractivity (Wildman–Crippen MR) is 70.9 cm³/mol. The molecule has 0 aromatic carbocycles. The van der Waals surface area contributed by atoms with Crippen LogP contribution in [0.2, 0.25) is 0 Å². The van der Waals surface area contributed by atoms with Crippen molar-refractivity contribution >= 4 is 21.8 Å². The molecular weight excluding hydrogens is 282 g/mol. The average molecular weight is 300 g/mol. The second kappa shape index (κ2) is 5.23. The van der Waals surface area contributed by atoms with E-state index in [2.05, 4.69) is 22.9 Å². The van der Waals surface area contributed by atoms with Crippen LogP contribution in [0.4, 0.5) is 0 Å². The van der Waals surface area contributed by atoms with Crippen LogP contribution >= 0.6 is 15.9 Å². The lowest BCUT2D eigenvalue weighted by Gasteiger charge is -2.17. The number of nitrogens with zero attached hydrogens (tertiary/aromatic N) is 2. The van der Waals surface area contributed by atoms with Gasteiger partial charge >= 0.3 is 0 Å². The molecule has 1 saturated heterocycles. The van der Waals surface area contributed by atoms with Gasteiger partial charge in [0.15, 0.2) is 0 Å². The van der Waals surface area contributed by atoms with Gasteiger partial charge in [-0.05, 0) is 34.8 Å². The average Bonchev–Trinajstić information content (AvgIpc) is 2.85. The van der Waals surface area contributed by atoms with Crippen LogP contribution in [0.25, 0.3) is 0 Å². The van der Waals surface area contributed by atoms with E-state index in [0.717, 1.165) is 36.1 Å². The highest BCUT2D eigenvalue weighted by Gasteiger charge is 2.26. The summed E-state index contributed by atoms with van der Waals surface area (Å²) in [6.45, 7) is 4.42. The second-order valence-electron chi connectivity index (χ2n) is 4.54. The summed E-state index contributed by atoms with van der Waals surface area (Å²) < 4.78 is 2.97. The van der Waals surface area contributed by atoms with Crippen molar-refractivity contribution in [3.8, 4) is 0 Å². The van der Waals surface area contributed by atoms with Gasteiger partial charge in [0.25, 0.3) is 5.91 Å². The van der Waals surface area contributed by atoms with Crippen LogP contribution in [-0.4, -0.2) is 34.5 Å². The van der Waals surface area contributed by atoms with Gasteiger partial charge in [0, 0.05) is 36.3 Å². The van der Waals surface area contributed by atoms with Crippen LogP contribution in [0.1, 0.15) is 30.3 Å². The molecule has 94 valence electrons. The summed E-state index contributed by atoms with van der Waals surface area (Å²) in [5.41, 5.74) is 6.59. The molecule has 1 fully saturated rings. The maximum atomic E-state index is 12.3. The largest absolute Gasteiger partial charge is 0.342 e. The molecule has 17 heavy (non-hydrogen) atoms.